The third-order valence-corrected chi connectivity index (χ3v) is 4.81. The minimum Gasteiger partial charge on any atom is -0.495 e. The van der Waals surface area contributed by atoms with E-state index in [0.717, 1.165) is 5.56 Å². The SMILES string of the molecule is COc1ccc(C(C)(C)C)cc1NC(=O)[C@H]1[C@@H](C(=O)O)[C@@H]2C=C[C@@H]1O2. The molecule has 2 N–H and O–H groups in total. The summed E-state index contributed by atoms with van der Waals surface area (Å²) in [6, 6.07) is 5.64. The van der Waals surface area contributed by atoms with Crippen LogP contribution in [0.25, 0.3) is 0 Å². The molecular formula is C19H23NO5. The van der Waals surface area contributed by atoms with Crippen molar-refractivity contribution < 1.29 is 24.2 Å². The predicted molar refractivity (Wildman–Crippen MR) is 92.7 cm³/mol. The number of anilines is 1. The molecule has 6 nitrogen and oxygen atoms in total. The zero-order valence-electron chi connectivity index (χ0n) is 14.8. The van der Waals surface area contributed by atoms with E-state index < -0.39 is 30.0 Å². The molecule has 3 rings (SSSR count). The average molecular weight is 345 g/mol. The van der Waals surface area contributed by atoms with Crippen LogP contribution in [-0.4, -0.2) is 36.3 Å². The minimum atomic E-state index is -1.02. The number of carbonyl (C=O) groups excluding carboxylic acids is 1. The molecule has 0 spiro atoms. The number of amides is 1. The highest BCUT2D eigenvalue weighted by atomic mass is 16.5. The molecule has 2 bridgehead atoms. The van der Waals surface area contributed by atoms with Gasteiger partial charge >= 0.3 is 5.97 Å². The van der Waals surface area contributed by atoms with E-state index in [1.165, 1.54) is 7.11 Å². The lowest BCUT2D eigenvalue weighted by Crippen LogP contribution is -2.39. The highest BCUT2D eigenvalue weighted by Gasteiger charge is 2.53. The molecule has 1 saturated heterocycles. The molecule has 4 atom stereocenters. The van der Waals surface area contributed by atoms with Crippen molar-refractivity contribution in [2.45, 2.75) is 38.4 Å². The second kappa shape index (κ2) is 6.19. The van der Waals surface area contributed by atoms with Gasteiger partial charge in [-0.3, -0.25) is 9.59 Å². The van der Waals surface area contributed by atoms with Gasteiger partial charge in [-0.15, -0.1) is 0 Å². The Labute approximate surface area is 146 Å². The third-order valence-electron chi connectivity index (χ3n) is 4.81. The Morgan fingerprint density at radius 1 is 1.16 bits per heavy atom. The van der Waals surface area contributed by atoms with E-state index in [2.05, 4.69) is 26.1 Å². The molecule has 2 aliphatic rings. The van der Waals surface area contributed by atoms with Crippen LogP contribution in [-0.2, 0) is 19.7 Å². The predicted octanol–water partition coefficient (Wildman–Crippen LogP) is 2.59. The van der Waals surface area contributed by atoms with Crippen LogP contribution in [0.1, 0.15) is 26.3 Å². The molecule has 1 aromatic rings. The number of methoxy groups -OCH3 is 1. The van der Waals surface area contributed by atoms with Crippen molar-refractivity contribution in [3.05, 3.63) is 35.9 Å². The minimum absolute atomic E-state index is 0.0897. The molecule has 1 fully saturated rings. The van der Waals surface area contributed by atoms with Crippen molar-refractivity contribution in [1.29, 1.82) is 0 Å². The van der Waals surface area contributed by atoms with E-state index in [4.69, 9.17) is 9.47 Å². The fourth-order valence-corrected chi connectivity index (χ4v) is 3.40. The van der Waals surface area contributed by atoms with E-state index in [0.29, 0.717) is 11.4 Å². The van der Waals surface area contributed by atoms with Crippen LogP contribution in [0, 0.1) is 11.8 Å². The van der Waals surface area contributed by atoms with E-state index in [1.807, 2.05) is 18.2 Å². The van der Waals surface area contributed by atoms with Gasteiger partial charge in [-0.25, -0.2) is 0 Å². The molecule has 2 aliphatic heterocycles. The first kappa shape index (κ1) is 17.5. The van der Waals surface area contributed by atoms with E-state index in [-0.39, 0.29) is 11.3 Å². The van der Waals surface area contributed by atoms with Gasteiger partial charge in [0.1, 0.15) is 11.7 Å². The van der Waals surface area contributed by atoms with Gasteiger partial charge < -0.3 is 19.9 Å². The standard InChI is InChI=1S/C19H23NO5/c1-19(2,3)10-5-6-12(24-4)11(9-10)20-17(21)15-13-7-8-14(25-13)16(15)18(22)23/h5-9,13-16H,1-4H3,(H,20,21)(H,22,23)/t13-,14-,15+,16-/m0/s1. The van der Waals surface area contributed by atoms with Crippen LogP contribution >= 0.6 is 0 Å². The number of fused-ring (bicyclic) bond motifs is 2. The Balaban J connectivity index is 1.88. The van der Waals surface area contributed by atoms with Crippen LogP contribution in [0.15, 0.2) is 30.4 Å². The Morgan fingerprint density at radius 2 is 1.80 bits per heavy atom. The quantitative estimate of drug-likeness (QED) is 0.820. The summed E-state index contributed by atoms with van der Waals surface area (Å²) >= 11 is 0. The van der Waals surface area contributed by atoms with Gasteiger partial charge in [-0.1, -0.05) is 39.0 Å². The average Bonchev–Trinajstić information content (AvgIpc) is 3.14. The normalized spacial score (nSPS) is 27.4. The Morgan fingerprint density at radius 3 is 2.36 bits per heavy atom. The van der Waals surface area contributed by atoms with Gasteiger partial charge in [0.15, 0.2) is 0 Å². The Kier molecular flexibility index (Phi) is 4.33. The molecule has 0 aromatic heterocycles. The third kappa shape index (κ3) is 3.14. The summed E-state index contributed by atoms with van der Waals surface area (Å²) in [5.74, 6) is -2.48. The number of hydrogen-bond donors (Lipinski definition) is 2. The lowest BCUT2D eigenvalue weighted by Gasteiger charge is -2.24. The van der Waals surface area contributed by atoms with E-state index in [9.17, 15) is 14.7 Å². The molecule has 1 aromatic carbocycles. The van der Waals surface area contributed by atoms with Gasteiger partial charge in [0, 0.05) is 0 Å². The zero-order chi connectivity index (χ0) is 18.4. The van der Waals surface area contributed by atoms with Gasteiger partial charge in [0.05, 0.1) is 30.9 Å². The summed E-state index contributed by atoms with van der Waals surface area (Å²) in [6.07, 6.45) is 2.44. The van der Waals surface area contributed by atoms with E-state index in [1.54, 1.807) is 12.2 Å². The molecule has 2 heterocycles. The summed E-state index contributed by atoms with van der Waals surface area (Å²) in [5.41, 5.74) is 1.49. The smallest absolute Gasteiger partial charge is 0.310 e. The van der Waals surface area contributed by atoms with Gasteiger partial charge in [-0.05, 0) is 23.1 Å². The lowest BCUT2D eigenvalue weighted by molar-refractivity contribution is -0.145. The molecule has 25 heavy (non-hydrogen) atoms. The van der Waals surface area contributed by atoms with Crippen molar-refractivity contribution in [3.8, 4) is 5.75 Å². The highest BCUT2D eigenvalue weighted by Crippen LogP contribution is 2.40. The summed E-state index contributed by atoms with van der Waals surface area (Å²) in [7, 11) is 1.53. The summed E-state index contributed by atoms with van der Waals surface area (Å²) in [6.45, 7) is 6.24. The van der Waals surface area contributed by atoms with Crippen LogP contribution in [0.3, 0.4) is 0 Å². The van der Waals surface area contributed by atoms with Crippen molar-refractivity contribution in [1.82, 2.24) is 0 Å². The fraction of sp³-hybridized carbons (Fsp3) is 0.474. The second-order valence-electron chi connectivity index (χ2n) is 7.49. The number of carboxylic acid groups (broad SMARTS) is 1. The fourth-order valence-electron chi connectivity index (χ4n) is 3.40. The van der Waals surface area contributed by atoms with Gasteiger partial charge in [0.25, 0.3) is 0 Å². The van der Waals surface area contributed by atoms with Crippen LogP contribution in [0.2, 0.25) is 0 Å². The van der Waals surface area contributed by atoms with Crippen LogP contribution in [0.4, 0.5) is 5.69 Å². The number of aliphatic carboxylic acids is 1. The first-order valence-corrected chi connectivity index (χ1v) is 8.28. The number of hydrogen-bond acceptors (Lipinski definition) is 4. The van der Waals surface area contributed by atoms with Crippen molar-refractivity contribution in [3.63, 3.8) is 0 Å². The first-order chi connectivity index (χ1) is 11.7. The lowest BCUT2D eigenvalue weighted by atomic mass is 9.82. The van der Waals surface area contributed by atoms with Crippen molar-refractivity contribution >= 4 is 17.6 Å². The maximum absolute atomic E-state index is 12.8. The van der Waals surface area contributed by atoms with Crippen molar-refractivity contribution in [2.24, 2.45) is 11.8 Å². The Hall–Kier alpha value is -2.34. The molecule has 0 saturated carbocycles. The van der Waals surface area contributed by atoms with Gasteiger partial charge in [-0.2, -0.15) is 0 Å². The van der Waals surface area contributed by atoms with Crippen LogP contribution in [0.5, 0.6) is 5.75 Å². The molecule has 1 amide bonds. The molecular weight excluding hydrogens is 322 g/mol. The van der Waals surface area contributed by atoms with Crippen LogP contribution < -0.4 is 10.1 Å². The summed E-state index contributed by atoms with van der Waals surface area (Å²) < 4.78 is 10.9. The maximum Gasteiger partial charge on any atom is 0.310 e. The highest BCUT2D eigenvalue weighted by molar-refractivity contribution is 5.97. The Bertz CT molecular complexity index is 734. The topological polar surface area (TPSA) is 84.9 Å². The number of nitrogens with one attached hydrogen (secondary N) is 1. The molecule has 0 unspecified atom stereocenters. The molecule has 134 valence electrons. The van der Waals surface area contributed by atoms with Crippen molar-refractivity contribution in [2.75, 3.05) is 12.4 Å². The summed E-state index contributed by atoms with van der Waals surface area (Å²) in [4.78, 5) is 24.4. The number of carboxylic acids is 1. The second-order valence-corrected chi connectivity index (χ2v) is 7.49. The molecule has 6 heteroatoms. The first-order valence-electron chi connectivity index (χ1n) is 8.28. The van der Waals surface area contributed by atoms with E-state index >= 15 is 0 Å². The number of carbonyl (C=O) groups is 2. The largest absolute Gasteiger partial charge is 0.495 e. The number of rotatable bonds is 4. The molecule has 0 aliphatic carbocycles. The van der Waals surface area contributed by atoms with Gasteiger partial charge in [0.2, 0.25) is 5.91 Å². The monoisotopic (exact) mass is 345 g/mol. The molecule has 0 radical (unpaired) electrons. The number of ether oxygens (including phenoxy) is 2. The maximum atomic E-state index is 12.8. The number of benzene rings is 1. The zero-order valence-corrected chi connectivity index (χ0v) is 14.8. The summed E-state index contributed by atoms with van der Waals surface area (Å²) in [5, 5.41) is 12.3.